The number of ether oxygens (including phenoxy) is 1. The number of pyridine rings is 1. The van der Waals surface area contributed by atoms with Crippen LogP contribution in [0.25, 0.3) is 0 Å². The molecule has 2 fully saturated rings. The predicted octanol–water partition coefficient (Wildman–Crippen LogP) is 0.968. The Kier molecular flexibility index (Phi) is 7.22. The molecule has 8 heteroatoms. The molecule has 1 atom stereocenters. The molecular weight excluding hydrogens is 358 g/mol. The summed E-state index contributed by atoms with van der Waals surface area (Å²) in [5.74, 6) is -0.0211. The normalized spacial score (nSPS) is 20.4. The van der Waals surface area contributed by atoms with Crippen molar-refractivity contribution in [2.24, 2.45) is 0 Å². The number of rotatable bonds is 6. The minimum Gasteiger partial charge on any atom is -0.380 e. The lowest BCUT2D eigenvalue weighted by Gasteiger charge is -2.35. The van der Waals surface area contributed by atoms with E-state index in [-0.39, 0.29) is 18.0 Å². The molecule has 28 heavy (non-hydrogen) atoms. The maximum absolute atomic E-state index is 12.6. The first-order valence-electron chi connectivity index (χ1n) is 10.1. The van der Waals surface area contributed by atoms with Gasteiger partial charge in [0.2, 0.25) is 0 Å². The van der Waals surface area contributed by atoms with E-state index in [1.165, 1.54) is 0 Å². The van der Waals surface area contributed by atoms with Crippen LogP contribution < -0.4 is 5.32 Å². The van der Waals surface area contributed by atoms with Crippen LogP contribution in [0, 0.1) is 6.92 Å². The Morgan fingerprint density at radius 2 is 1.96 bits per heavy atom. The van der Waals surface area contributed by atoms with Crippen molar-refractivity contribution < 1.29 is 14.3 Å². The van der Waals surface area contributed by atoms with Crippen LogP contribution in [0.4, 0.5) is 4.79 Å². The fraction of sp³-hybridized carbons (Fsp3) is 0.650. The number of aryl methyl sites for hydroxylation is 1. The van der Waals surface area contributed by atoms with Gasteiger partial charge in [-0.05, 0) is 32.4 Å². The number of likely N-dealkylation sites (tertiary alicyclic amines) is 1. The van der Waals surface area contributed by atoms with Gasteiger partial charge in [-0.3, -0.25) is 14.7 Å². The molecule has 0 aromatic carbocycles. The SMILES string of the molecule is CCOCCN1CCN(C(=O)NC2CCN(C(=O)c3ccc(C)nc3)C2)CC1. The summed E-state index contributed by atoms with van der Waals surface area (Å²) in [5, 5.41) is 3.10. The second kappa shape index (κ2) is 9.84. The van der Waals surface area contributed by atoms with E-state index in [1.807, 2.05) is 30.9 Å². The van der Waals surface area contributed by atoms with Gasteiger partial charge in [0.15, 0.2) is 0 Å². The van der Waals surface area contributed by atoms with E-state index in [1.54, 1.807) is 11.1 Å². The van der Waals surface area contributed by atoms with Crippen molar-refractivity contribution >= 4 is 11.9 Å². The summed E-state index contributed by atoms with van der Waals surface area (Å²) in [6, 6.07) is 3.63. The van der Waals surface area contributed by atoms with Crippen molar-refractivity contribution in [3.05, 3.63) is 29.6 Å². The maximum atomic E-state index is 12.6. The third kappa shape index (κ3) is 5.42. The van der Waals surface area contributed by atoms with Gasteiger partial charge in [-0.2, -0.15) is 0 Å². The van der Waals surface area contributed by atoms with Gasteiger partial charge >= 0.3 is 6.03 Å². The van der Waals surface area contributed by atoms with Crippen molar-refractivity contribution in [2.45, 2.75) is 26.3 Å². The van der Waals surface area contributed by atoms with Crippen LogP contribution >= 0.6 is 0 Å². The summed E-state index contributed by atoms with van der Waals surface area (Å²) in [6.45, 7) is 10.7. The Hall–Kier alpha value is -2.19. The molecule has 3 amide bonds. The minimum atomic E-state index is -0.0271. The summed E-state index contributed by atoms with van der Waals surface area (Å²) >= 11 is 0. The molecule has 2 aliphatic heterocycles. The summed E-state index contributed by atoms with van der Waals surface area (Å²) in [5.41, 5.74) is 1.49. The molecule has 154 valence electrons. The monoisotopic (exact) mass is 389 g/mol. The number of nitrogens with zero attached hydrogens (tertiary/aromatic N) is 4. The highest BCUT2D eigenvalue weighted by atomic mass is 16.5. The third-order valence-electron chi connectivity index (χ3n) is 5.38. The largest absolute Gasteiger partial charge is 0.380 e. The standard InChI is InChI=1S/C20H31N5O3/c1-3-28-13-12-23-8-10-24(11-9-23)20(27)22-18-6-7-25(15-18)19(26)17-5-4-16(2)21-14-17/h4-5,14,18H,3,6-13,15H2,1-2H3,(H,22,27). The van der Waals surface area contributed by atoms with Crippen molar-refractivity contribution in [3.8, 4) is 0 Å². The lowest BCUT2D eigenvalue weighted by Crippen LogP contribution is -2.54. The molecule has 0 saturated carbocycles. The fourth-order valence-electron chi connectivity index (χ4n) is 3.62. The van der Waals surface area contributed by atoms with E-state index in [2.05, 4.69) is 15.2 Å². The number of hydrogen-bond donors (Lipinski definition) is 1. The third-order valence-corrected chi connectivity index (χ3v) is 5.38. The van der Waals surface area contributed by atoms with E-state index in [4.69, 9.17) is 4.74 Å². The number of amides is 3. The van der Waals surface area contributed by atoms with Crippen molar-refractivity contribution in [1.82, 2.24) is 25.0 Å². The molecule has 0 spiro atoms. The number of aromatic nitrogens is 1. The van der Waals surface area contributed by atoms with Crippen molar-refractivity contribution in [2.75, 3.05) is 59.0 Å². The highest BCUT2D eigenvalue weighted by Gasteiger charge is 2.30. The minimum absolute atomic E-state index is 0.00541. The Bertz CT molecular complexity index is 658. The van der Waals surface area contributed by atoms with Gasteiger partial charge in [-0.15, -0.1) is 0 Å². The van der Waals surface area contributed by atoms with Gasteiger partial charge in [0, 0.05) is 70.4 Å². The first-order valence-corrected chi connectivity index (χ1v) is 10.1. The lowest BCUT2D eigenvalue weighted by molar-refractivity contribution is 0.0785. The average molecular weight is 390 g/mol. The summed E-state index contributed by atoms with van der Waals surface area (Å²) in [4.78, 5) is 35.3. The van der Waals surface area contributed by atoms with Crippen LogP contribution in [-0.4, -0.2) is 96.7 Å². The number of carbonyl (C=O) groups excluding carboxylic acids is 2. The zero-order valence-corrected chi connectivity index (χ0v) is 16.9. The van der Waals surface area contributed by atoms with Gasteiger partial charge in [0.05, 0.1) is 12.2 Å². The zero-order chi connectivity index (χ0) is 19.9. The molecule has 1 unspecified atom stereocenters. The molecule has 0 aliphatic carbocycles. The van der Waals surface area contributed by atoms with Crippen LogP contribution in [-0.2, 0) is 4.74 Å². The Labute approximate surface area is 166 Å². The Morgan fingerprint density at radius 1 is 1.18 bits per heavy atom. The second-order valence-electron chi connectivity index (χ2n) is 7.40. The Morgan fingerprint density at radius 3 is 2.64 bits per heavy atom. The van der Waals surface area contributed by atoms with E-state index in [9.17, 15) is 9.59 Å². The van der Waals surface area contributed by atoms with Gasteiger partial charge < -0.3 is 19.9 Å². The van der Waals surface area contributed by atoms with E-state index in [0.29, 0.717) is 18.7 Å². The lowest BCUT2D eigenvalue weighted by atomic mass is 10.2. The molecule has 3 heterocycles. The van der Waals surface area contributed by atoms with Gasteiger partial charge in [-0.25, -0.2) is 4.79 Å². The highest BCUT2D eigenvalue weighted by Crippen LogP contribution is 2.14. The quantitative estimate of drug-likeness (QED) is 0.734. The van der Waals surface area contributed by atoms with Crippen molar-refractivity contribution in [3.63, 3.8) is 0 Å². The van der Waals surface area contributed by atoms with Gasteiger partial charge in [0.25, 0.3) is 5.91 Å². The molecule has 1 aromatic heterocycles. The van der Waals surface area contributed by atoms with Crippen LogP contribution in [0.15, 0.2) is 18.3 Å². The average Bonchev–Trinajstić information content (AvgIpc) is 3.17. The van der Waals surface area contributed by atoms with Crippen molar-refractivity contribution in [1.29, 1.82) is 0 Å². The first-order chi connectivity index (χ1) is 13.6. The molecule has 0 bridgehead atoms. The molecule has 1 aromatic rings. The zero-order valence-electron chi connectivity index (χ0n) is 16.9. The van der Waals surface area contributed by atoms with Crippen LogP contribution in [0.1, 0.15) is 29.4 Å². The number of nitrogens with one attached hydrogen (secondary N) is 1. The van der Waals surface area contributed by atoms with Gasteiger partial charge in [0.1, 0.15) is 0 Å². The number of carbonyl (C=O) groups is 2. The molecule has 2 saturated heterocycles. The summed E-state index contributed by atoms with van der Waals surface area (Å²) < 4.78 is 5.40. The Balaban J connectivity index is 1.41. The van der Waals surface area contributed by atoms with Crippen LogP contribution in [0.2, 0.25) is 0 Å². The van der Waals surface area contributed by atoms with E-state index < -0.39 is 0 Å². The van der Waals surface area contributed by atoms with Gasteiger partial charge in [-0.1, -0.05) is 0 Å². The molecular formula is C20H31N5O3. The van der Waals surface area contributed by atoms with E-state index in [0.717, 1.165) is 58.1 Å². The van der Waals surface area contributed by atoms with Crippen LogP contribution in [0.3, 0.4) is 0 Å². The number of hydrogen-bond acceptors (Lipinski definition) is 5. The topological polar surface area (TPSA) is 78.0 Å². The smallest absolute Gasteiger partial charge is 0.317 e. The van der Waals surface area contributed by atoms with E-state index >= 15 is 0 Å². The highest BCUT2D eigenvalue weighted by molar-refractivity contribution is 5.94. The fourth-order valence-corrected chi connectivity index (χ4v) is 3.62. The number of urea groups is 1. The van der Waals surface area contributed by atoms with Crippen LogP contribution in [0.5, 0.6) is 0 Å². The number of piperazine rings is 1. The predicted molar refractivity (Wildman–Crippen MR) is 106 cm³/mol. The molecule has 0 radical (unpaired) electrons. The molecule has 8 nitrogen and oxygen atoms in total. The maximum Gasteiger partial charge on any atom is 0.317 e. The second-order valence-corrected chi connectivity index (χ2v) is 7.40. The molecule has 2 aliphatic rings. The summed E-state index contributed by atoms with van der Waals surface area (Å²) in [6.07, 6.45) is 2.40. The molecule has 1 N–H and O–H groups in total. The first kappa shape index (κ1) is 20.5. The molecule has 3 rings (SSSR count). The summed E-state index contributed by atoms with van der Waals surface area (Å²) in [7, 11) is 0.